The molecule has 1 heterocycles. The van der Waals surface area contributed by atoms with Crippen molar-refractivity contribution in [1.29, 1.82) is 0 Å². The lowest BCUT2D eigenvalue weighted by molar-refractivity contribution is 0.0740. The molecule has 4 heteroatoms. The zero-order chi connectivity index (χ0) is 13.1. The largest absolute Gasteiger partial charge is 0.463 e. The van der Waals surface area contributed by atoms with E-state index in [0.29, 0.717) is 12.1 Å². The van der Waals surface area contributed by atoms with Crippen LogP contribution in [0.4, 0.5) is 0 Å². The van der Waals surface area contributed by atoms with Crippen molar-refractivity contribution in [2.75, 3.05) is 13.6 Å². The third-order valence-corrected chi connectivity index (χ3v) is 3.28. The van der Waals surface area contributed by atoms with Crippen molar-refractivity contribution in [2.24, 2.45) is 5.73 Å². The summed E-state index contributed by atoms with van der Waals surface area (Å²) in [5.41, 5.74) is 6.87. The Bertz CT molecular complexity index is 547. The van der Waals surface area contributed by atoms with Crippen molar-refractivity contribution in [3.63, 3.8) is 0 Å². The van der Waals surface area contributed by atoms with Crippen LogP contribution in [0.1, 0.15) is 23.7 Å². The summed E-state index contributed by atoms with van der Waals surface area (Å²) in [6, 6.07) is 7.66. The molecule has 2 N–H and O–H groups in total. The lowest BCUT2D eigenvalue weighted by atomic mass is 10.1. The van der Waals surface area contributed by atoms with Crippen LogP contribution in [-0.2, 0) is 0 Å². The molecule has 2 aromatic rings. The number of carbonyl (C=O) groups excluding carboxylic acids is 1. The first-order valence-electron chi connectivity index (χ1n) is 6.08. The van der Waals surface area contributed by atoms with Crippen LogP contribution < -0.4 is 5.73 Å². The number of hydrogen-bond acceptors (Lipinski definition) is 3. The summed E-state index contributed by atoms with van der Waals surface area (Å²) in [5.74, 6) is -0.0269. The summed E-state index contributed by atoms with van der Waals surface area (Å²) in [6.45, 7) is 2.57. The second kappa shape index (κ2) is 5.23. The van der Waals surface area contributed by atoms with Gasteiger partial charge in [-0.3, -0.25) is 4.79 Å². The van der Waals surface area contributed by atoms with Crippen molar-refractivity contribution in [2.45, 2.75) is 19.4 Å². The van der Waals surface area contributed by atoms with E-state index >= 15 is 0 Å². The Morgan fingerprint density at radius 1 is 1.44 bits per heavy atom. The maximum atomic E-state index is 12.4. The SMILES string of the molecule is CC(CCN)N(C)C(=O)c1coc2ccccc12. The molecule has 0 aliphatic heterocycles. The summed E-state index contributed by atoms with van der Waals surface area (Å²) in [7, 11) is 1.80. The van der Waals surface area contributed by atoms with Crippen LogP contribution in [0.3, 0.4) is 0 Å². The van der Waals surface area contributed by atoms with Crippen LogP contribution >= 0.6 is 0 Å². The molecule has 1 amide bonds. The molecular formula is C14H18N2O2. The van der Waals surface area contributed by atoms with Gasteiger partial charge in [-0.25, -0.2) is 0 Å². The highest BCUT2D eigenvalue weighted by molar-refractivity contribution is 6.05. The van der Waals surface area contributed by atoms with E-state index < -0.39 is 0 Å². The molecule has 0 radical (unpaired) electrons. The molecule has 18 heavy (non-hydrogen) atoms. The minimum absolute atomic E-state index is 0.0269. The third kappa shape index (κ3) is 2.24. The third-order valence-electron chi connectivity index (χ3n) is 3.28. The number of furan rings is 1. The summed E-state index contributed by atoms with van der Waals surface area (Å²) in [6.07, 6.45) is 2.32. The molecule has 1 unspecified atom stereocenters. The number of amides is 1. The Morgan fingerprint density at radius 3 is 2.89 bits per heavy atom. The predicted octanol–water partition coefficient (Wildman–Crippen LogP) is 2.24. The summed E-state index contributed by atoms with van der Waals surface area (Å²) >= 11 is 0. The Kier molecular flexibility index (Phi) is 3.67. The zero-order valence-corrected chi connectivity index (χ0v) is 10.7. The van der Waals surface area contributed by atoms with E-state index in [1.807, 2.05) is 31.2 Å². The van der Waals surface area contributed by atoms with Gasteiger partial charge in [0.15, 0.2) is 0 Å². The maximum Gasteiger partial charge on any atom is 0.257 e. The lowest BCUT2D eigenvalue weighted by Gasteiger charge is -2.24. The average Bonchev–Trinajstić information content (AvgIpc) is 2.81. The first-order valence-corrected chi connectivity index (χ1v) is 6.08. The van der Waals surface area contributed by atoms with Crippen molar-refractivity contribution in [3.8, 4) is 0 Å². The number of para-hydroxylation sites is 1. The van der Waals surface area contributed by atoms with Crippen molar-refractivity contribution in [3.05, 3.63) is 36.1 Å². The van der Waals surface area contributed by atoms with E-state index in [2.05, 4.69) is 0 Å². The van der Waals surface area contributed by atoms with Crippen LogP contribution in [0.15, 0.2) is 34.9 Å². The molecule has 1 aromatic heterocycles. The fraction of sp³-hybridized carbons (Fsp3) is 0.357. The van der Waals surface area contributed by atoms with E-state index in [0.717, 1.165) is 17.4 Å². The number of rotatable bonds is 4. The Morgan fingerprint density at radius 2 is 2.17 bits per heavy atom. The van der Waals surface area contributed by atoms with E-state index in [4.69, 9.17) is 10.2 Å². The monoisotopic (exact) mass is 246 g/mol. The molecule has 0 saturated heterocycles. The minimum Gasteiger partial charge on any atom is -0.463 e. The predicted molar refractivity (Wildman–Crippen MR) is 71.4 cm³/mol. The average molecular weight is 246 g/mol. The van der Waals surface area contributed by atoms with Crippen LogP contribution in [0, 0.1) is 0 Å². The van der Waals surface area contributed by atoms with Gasteiger partial charge in [0.05, 0.1) is 5.56 Å². The number of nitrogens with two attached hydrogens (primary N) is 1. The van der Waals surface area contributed by atoms with Gasteiger partial charge in [-0.1, -0.05) is 18.2 Å². The lowest BCUT2D eigenvalue weighted by Crippen LogP contribution is -2.36. The zero-order valence-electron chi connectivity index (χ0n) is 10.7. The van der Waals surface area contributed by atoms with Gasteiger partial charge >= 0.3 is 0 Å². The molecular weight excluding hydrogens is 228 g/mol. The fourth-order valence-corrected chi connectivity index (χ4v) is 1.97. The summed E-state index contributed by atoms with van der Waals surface area (Å²) < 4.78 is 5.39. The van der Waals surface area contributed by atoms with Crippen molar-refractivity contribution >= 4 is 16.9 Å². The highest BCUT2D eigenvalue weighted by atomic mass is 16.3. The standard InChI is InChI=1S/C14H18N2O2/c1-10(7-8-15)16(2)14(17)12-9-18-13-6-4-3-5-11(12)13/h3-6,9-10H,7-8,15H2,1-2H3. The number of hydrogen-bond donors (Lipinski definition) is 1. The molecule has 1 aromatic carbocycles. The first kappa shape index (κ1) is 12.6. The quantitative estimate of drug-likeness (QED) is 0.900. The summed E-state index contributed by atoms with van der Waals surface area (Å²) in [5, 5.41) is 0.856. The molecule has 0 aliphatic rings. The molecule has 0 spiro atoms. The molecule has 96 valence electrons. The molecule has 2 rings (SSSR count). The Balaban J connectivity index is 2.28. The molecule has 1 atom stereocenters. The highest BCUT2D eigenvalue weighted by Crippen LogP contribution is 2.22. The maximum absolute atomic E-state index is 12.4. The van der Waals surface area contributed by atoms with Crippen molar-refractivity contribution in [1.82, 2.24) is 4.90 Å². The number of fused-ring (bicyclic) bond motifs is 1. The van der Waals surface area contributed by atoms with Gasteiger partial charge in [-0.05, 0) is 26.0 Å². The van der Waals surface area contributed by atoms with E-state index in [9.17, 15) is 4.79 Å². The Labute approximate surface area is 106 Å². The van der Waals surface area contributed by atoms with Gasteiger partial charge in [0, 0.05) is 18.5 Å². The van der Waals surface area contributed by atoms with Crippen LogP contribution in [0.2, 0.25) is 0 Å². The minimum atomic E-state index is -0.0269. The highest BCUT2D eigenvalue weighted by Gasteiger charge is 2.20. The van der Waals surface area contributed by atoms with E-state index in [-0.39, 0.29) is 11.9 Å². The second-order valence-electron chi connectivity index (χ2n) is 4.49. The number of nitrogens with zero attached hydrogens (tertiary/aromatic N) is 1. The van der Waals surface area contributed by atoms with Gasteiger partial charge in [0.2, 0.25) is 0 Å². The topological polar surface area (TPSA) is 59.5 Å². The van der Waals surface area contributed by atoms with Gasteiger partial charge in [-0.2, -0.15) is 0 Å². The van der Waals surface area contributed by atoms with Gasteiger partial charge < -0.3 is 15.1 Å². The van der Waals surface area contributed by atoms with Crippen LogP contribution in [0.25, 0.3) is 11.0 Å². The molecule has 0 fully saturated rings. The van der Waals surface area contributed by atoms with Crippen molar-refractivity contribution < 1.29 is 9.21 Å². The number of benzene rings is 1. The smallest absolute Gasteiger partial charge is 0.257 e. The van der Waals surface area contributed by atoms with E-state index in [1.54, 1.807) is 11.9 Å². The second-order valence-corrected chi connectivity index (χ2v) is 4.49. The van der Waals surface area contributed by atoms with E-state index in [1.165, 1.54) is 6.26 Å². The molecule has 0 saturated carbocycles. The van der Waals surface area contributed by atoms with Crippen LogP contribution in [0.5, 0.6) is 0 Å². The normalized spacial score (nSPS) is 12.6. The first-order chi connectivity index (χ1) is 8.65. The van der Waals surface area contributed by atoms with Gasteiger partial charge in [0.25, 0.3) is 5.91 Å². The summed E-state index contributed by atoms with van der Waals surface area (Å²) in [4.78, 5) is 14.1. The van der Waals surface area contributed by atoms with Gasteiger partial charge in [-0.15, -0.1) is 0 Å². The molecule has 0 aliphatic carbocycles. The fourth-order valence-electron chi connectivity index (χ4n) is 1.97. The molecule has 0 bridgehead atoms. The number of carbonyl (C=O) groups is 1. The molecule has 4 nitrogen and oxygen atoms in total. The Hall–Kier alpha value is -1.81. The van der Waals surface area contributed by atoms with Gasteiger partial charge in [0.1, 0.15) is 11.8 Å². The van der Waals surface area contributed by atoms with Crippen LogP contribution in [-0.4, -0.2) is 30.4 Å².